The first-order valence-electron chi connectivity index (χ1n) is 6.91. The minimum Gasteiger partial charge on any atom is -0.455 e. The SMILES string of the molecule is Cc1ccc(S(=O)(=O)OCC(=O)C(=NO)C(=O)OC(C)(C)C)cc1. The summed E-state index contributed by atoms with van der Waals surface area (Å²) < 4.78 is 33.4. The molecule has 0 aromatic heterocycles. The second kappa shape index (κ2) is 7.54. The fourth-order valence-electron chi connectivity index (χ4n) is 1.51. The van der Waals surface area contributed by atoms with Crippen molar-refractivity contribution in [1.82, 2.24) is 0 Å². The molecule has 0 heterocycles. The Morgan fingerprint density at radius 1 is 1.17 bits per heavy atom. The van der Waals surface area contributed by atoms with Crippen molar-refractivity contribution in [1.29, 1.82) is 0 Å². The Kier molecular flexibility index (Phi) is 6.22. The summed E-state index contributed by atoms with van der Waals surface area (Å²) in [6.07, 6.45) is 0. The molecule has 1 aromatic carbocycles. The smallest absolute Gasteiger partial charge is 0.364 e. The van der Waals surface area contributed by atoms with Crippen LogP contribution in [0.2, 0.25) is 0 Å². The van der Waals surface area contributed by atoms with E-state index in [4.69, 9.17) is 9.94 Å². The van der Waals surface area contributed by atoms with E-state index in [9.17, 15) is 18.0 Å². The Hall–Kier alpha value is -2.26. The highest BCUT2D eigenvalue weighted by Crippen LogP contribution is 2.13. The number of hydrogen-bond acceptors (Lipinski definition) is 8. The van der Waals surface area contributed by atoms with E-state index in [1.165, 1.54) is 12.1 Å². The molecule has 24 heavy (non-hydrogen) atoms. The van der Waals surface area contributed by atoms with Crippen molar-refractivity contribution in [2.75, 3.05) is 6.61 Å². The molecule has 0 atom stereocenters. The maximum absolute atomic E-state index is 12.0. The lowest BCUT2D eigenvalue weighted by Crippen LogP contribution is -2.35. The molecule has 8 nitrogen and oxygen atoms in total. The molecule has 1 aromatic rings. The maximum atomic E-state index is 12.0. The monoisotopic (exact) mass is 357 g/mol. The number of hydrogen-bond donors (Lipinski definition) is 1. The highest BCUT2D eigenvalue weighted by atomic mass is 32.2. The molecular formula is C15H19NO7S. The van der Waals surface area contributed by atoms with Crippen LogP contribution in [-0.2, 0) is 28.6 Å². The largest absolute Gasteiger partial charge is 0.455 e. The molecule has 0 bridgehead atoms. The van der Waals surface area contributed by atoms with Gasteiger partial charge in [0.25, 0.3) is 10.1 Å². The van der Waals surface area contributed by atoms with E-state index in [1.807, 2.05) is 0 Å². The first-order valence-corrected chi connectivity index (χ1v) is 8.32. The van der Waals surface area contributed by atoms with E-state index in [2.05, 4.69) is 9.34 Å². The third-order valence-corrected chi connectivity index (χ3v) is 3.89. The van der Waals surface area contributed by atoms with Crippen LogP contribution in [0.15, 0.2) is 34.3 Å². The van der Waals surface area contributed by atoms with Gasteiger partial charge < -0.3 is 9.94 Å². The predicted molar refractivity (Wildman–Crippen MR) is 84.4 cm³/mol. The van der Waals surface area contributed by atoms with Gasteiger partial charge >= 0.3 is 5.97 Å². The minimum atomic E-state index is -4.18. The maximum Gasteiger partial charge on any atom is 0.364 e. The second-order valence-electron chi connectivity index (χ2n) is 5.90. The number of ether oxygens (including phenoxy) is 1. The van der Waals surface area contributed by atoms with Crippen LogP contribution in [0.3, 0.4) is 0 Å². The van der Waals surface area contributed by atoms with E-state index >= 15 is 0 Å². The van der Waals surface area contributed by atoms with Gasteiger partial charge in [-0.1, -0.05) is 22.9 Å². The normalized spacial score (nSPS) is 12.8. The summed E-state index contributed by atoms with van der Waals surface area (Å²) in [6.45, 7) is 5.47. The number of nitrogens with zero attached hydrogens (tertiary/aromatic N) is 1. The number of benzene rings is 1. The van der Waals surface area contributed by atoms with Crippen LogP contribution < -0.4 is 0 Å². The molecule has 0 spiro atoms. The Morgan fingerprint density at radius 3 is 2.17 bits per heavy atom. The molecule has 0 aliphatic carbocycles. The van der Waals surface area contributed by atoms with Gasteiger partial charge in [0.05, 0.1) is 4.90 Å². The van der Waals surface area contributed by atoms with E-state index in [1.54, 1.807) is 39.8 Å². The van der Waals surface area contributed by atoms with Crippen LogP contribution in [0.5, 0.6) is 0 Å². The summed E-state index contributed by atoms with van der Waals surface area (Å²) in [6, 6.07) is 5.78. The van der Waals surface area contributed by atoms with E-state index < -0.39 is 39.8 Å². The van der Waals surface area contributed by atoms with Crippen molar-refractivity contribution in [3.8, 4) is 0 Å². The van der Waals surface area contributed by atoms with Gasteiger partial charge in [0.1, 0.15) is 12.2 Å². The molecule has 9 heteroatoms. The van der Waals surface area contributed by atoms with Gasteiger partial charge in [0, 0.05) is 0 Å². The molecule has 0 saturated carbocycles. The molecule has 132 valence electrons. The van der Waals surface area contributed by atoms with Crippen molar-refractivity contribution in [3.05, 3.63) is 29.8 Å². The lowest BCUT2D eigenvalue weighted by Gasteiger charge is -2.19. The van der Waals surface area contributed by atoms with Crippen molar-refractivity contribution in [3.63, 3.8) is 0 Å². The lowest BCUT2D eigenvalue weighted by atomic mass is 10.2. The molecule has 0 aliphatic rings. The van der Waals surface area contributed by atoms with Crippen LogP contribution in [-0.4, -0.2) is 43.3 Å². The summed E-state index contributed by atoms with van der Waals surface area (Å²) >= 11 is 0. The van der Waals surface area contributed by atoms with Crippen molar-refractivity contribution in [2.45, 2.75) is 38.2 Å². The Balaban J connectivity index is 2.80. The number of esters is 1. The van der Waals surface area contributed by atoms with Gasteiger partial charge in [0.15, 0.2) is 0 Å². The summed E-state index contributed by atoms with van der Waals surface area (Å²) in [5, 5.41) is 11.4. The van der Waals surface area contributed by atoms with Crippen LogP contribution in [0.1, 0.15) is 26.3 Å². The van der Waals surface area contributed by atoms with Gasteiger partial charge in [-0.15, -0.1) is 0 Å². The summed E-state index contributed by atoms with van der Waals surface area (Å²) in [7, 11) is -4.18. The van der Waals surface area contributed by atoms with Crippen LogP contribution in [0.25, 0.3) is 0 Å². The topological polar surface area (TPSA) is 119 Å². The number of Topliss-reactive ketones (excluding diaryl/α,β-unsaturated/α-hetero) is 1. The third kappa shape index (κ3) is 5.74. The molecule has 0 saturated heterocycles. The highest BCUT2D eigenvalue weighted by Gasteiger charge is 2.29. The van der Waals surface area contributed by atoms with Crippen molar-refractivity contribution in [2.24, 2.45) is 5.16 Å². The molecule has 1 N–H and O–H groups in total. The lowest BCUT2D eigenvalue weighted by molar-refractivity contribution is -0.146. The number of oxime groups is 1. The number of aryl methyl sites for hydroxylation is 1. The molecule has 0 radical (unpaired) electrons. The van der Waals surface area contributed by atoms with Gasteiger partial charge in [-0.3, -0.25) is 8.98 Å². The van der Waals surface area contributed by atoms with Gasteiger partial charge in [-0.05, 0) is 39.8 Å². The zero-order chi connectivity index (χ0) is 18.5. The number of carbonyl (C=O) groups is 2. The molecular weight excluding hydrogens is 338 g/mol. The fourth-order valence-corrected chi connectivity index (χ4v) is 2.38. The van der Waals surface area contributed by atoms with Crippen molar-refractivity contribution >= 4 is 27.6 Å². The zero-order valence-electron chi connectivity index (χ0n) is 13.8. The summed E-state index contributed by atoms with van der Waals surface area (Å²) in [5.41, 5.74) is -1.00. The molecule has 0 unspecified atom stereocenters. The molecule has 1 rings (SSSR count). The van der Waals surface area contributed by atoms with Gasteiger partial charge in [-0.25, -0.2) is 4.79 Å². The number of carbonyl (C=O) groups excluding carboxylic acids is 2. The Morgan fingerprint density at radius 2 is 1.71 bits per heavy atom. The number of ketones is 1. The molecule has 0 amide bonds. The van der Waals surface area contributed by atoms with Crippen LogP contribution >= 0.6 is 0 Å². The zero-order valence-corrected chi connectivity index (χ0v) is 14.6. The average molecular weight is 357 g/mol. The van der Waals surface area contributed by atoms with Crippen LogP contribution in [0.4, 0.5) is 0 Å². The predicted octanol–water partition coefficient (Wildman–Crippen LogP) is 1.44. The first kappa shape index (κ1) is 19.8. The Bertz CT molecular complexity index is 743. The fraction of sp³-hybridized carbons (Fsp3) is 0.400. The Labute approximate surface area is 140 Å². The minimum absolute atomic E-state index is 0.138. The van der Waals surface area contributed by atoms with Crippen LogP contribution in [0, 0.1) is 6.92 Å². The first-order chi connectivity index (χ1) is 11.0. The van der Waals surface area contributed by atoms with E-state index in [0.29, 0.717) is 0 Å². The summed E-state index contributed by atoms with van der Waals surface area (Å²) in [5.74, 6) is -2.30. The third-order valence-electron chi connectivity index (χ3n) is 2.61. The number of rotatable bonds is 6. The standard InChI is InChI=1S/C15H19NO7S/c1-10-5-7-11(8-6-10)24(20,21)22-9-12(17)13(16-19)14(18)23-15(2,3)4/h5-8,19H,9H2,1-4H3. The quantitative estimate of drug-likeness (QED) is 0.204. The van der Waals surface area contributed by atoms with Gasteiger partial charge in [-0.2, -0.15) is 8.42 Å². The highest BCUT2D eigenvalue weighted by molar-refractivity contribution is 7.86. The molecule has 0 aliphatic heterocycles. The van der Waals surface area contributed by atoms with E-state index in [0.717, 1.165) is 5.56 Å². The second-order valence-corrected chi connectivity index (χ2v) is 7.52. The molecule has 0 fully saturated rings. The summed E-state index contributed by atoms with van der Waals surface area (Å²) in [4.78, 5) is 23.4. The van der Waals surface area contributed by atoms with Crippen molar-refractivity contribution < 1.29 is 32.1 Å². The van der Waals surface area contributed by atoms with E-state index in [-0.39, 0.29) is 4.90 Å². The van der Waals surface area contributed by atoms with Gasteiger partial charge in [0.2, 0.25) is 11.5 Å². The average Bonchev–Trinajstić information content (AvgIpc) is 2.44.